The highest BCUT2D eigenvalue weighted by molar-refractivity contribution is 6.18. The predicted octanol–water partition coefficient (Wildman–Crippen LogP) is 3.37. The fraction of sp³-hybridized carbons (Fsp3) is 0.316. The number of carbonyl (C=O) groups excluding carboxylic acids is 1. The number of aliphatic hydroxyl groups excluding tert-OH is 1. The minimum atomic E-state index is -0.703. The average Bonchev–Trinajstić information content (AvgIpc) is 2.64. The first-order valence-corrected chi connectivity index (χ1v) is 8.46. The number of aliphatic hydroxyl groups is 1. The Balaban J connectivity index is 2.32. The third-order valence-electron chi connectivity index (χ3n) is 3.57. The SMILES string of the molecule is COC(=O)c1cc(C)cc(NCC(O)CCl)c1OCc1ccccc1. The number of benzene rings is 2. The molecule has 2 aromatic rings. The second-order valence-electron chi connectivity index (χ2n) is 5.64. The largest absolute Gasteiger partial charge is 0.486 e. The number of aryl methyl sites for hydroxylation is 1. The summed E-state index contributed by atoms with van der Waals surface area (Å²) in [4.78, 5) is 12.1. The van der Waals surface area contributed by atoms with Crippen LogP contribution in [-0.4, -0.2) is 36.7 Å². The van der Waals surface area contributed by atoms with Crippen molar-refractivity contribution < 1.29 is 19.4 Å². The van der Waals surface area contributed by atoms with Crippen molar-refractivity contribution in [3.63, 3.8) is 0 Å². The minimum Gasteiger partial charge on any atom is -0.486 e. The third kappa shape index (κ3) is 5.37. The highest BCUT2D eigenvalue weighted by Crippen LogP contribution is 2.32. The number of ether oxygens (including phenoxy) is 2. The smallest absolute Gasteiger partial charge is 0.341 e. The van der Waals surface area contributed by atoms with Crippen molar-refractivity contribution in [3.8, 4) is 5.75 Å². The summed E-state index contributed by atoms with van der Waals surface area (Å²) in [6.07, 6.45) is -0.703. The summed E-state index contributed by atoms with van der Waals surface area (Å²) < 4.78 is 10.8. The normalized spacial score (nSPS) is 11.7. The number of halogens is 1. The molecule has 1 unspecified atom stereocenters. The summed E-state index contributed by atoms with van der Waals surface area (Å²) in [5, 5.41) is 12.8. The lowest BCUT2D eigenvalue weighted by Gasteiger charge is -2.18. The van der Waals surface area contributed by atoms with E-state index in [1.54, 1.807) is 6.07 Å². The Morgan fingerprint density at radius 1 is 1.28 bits per heavy atom. The van der Waals surface area contributed by atoms with Gasteiger partial charge in [-0.3, -0.25) is 0 Å². The maximum absolute atomic E-state index is 12.1. The molecule has 0 aromatic heterocycles. The van der Waals surface area contributed by atoms with Crippen LogP contribution in [0, 0.1) is 6.92 Å². The number of methoxy groups -OCH3 is 1. The molecular weight excluding hydrogens is 342 g/mol. The summed E-state index contributed by atoms with van der Waals surface area (Å²) in [7, 11) is 1.33. The van der Waals surface area contributed by atoms with Crippen LogP contribution >= 0.6 is 11.6 Å². The minimum absolute atomic E-state index is 0.114. The van der Waals surface area contributed by atoms with E-state index in [1.807, 2.05) is 43.3 Å². The standard InChI is InChI=1S/C19H22ClNO4/c1-13-8-16(19(23)24-2)18(17(9-13)21-11-15(22)10-20)25-12-14-6-4-3-5-7-14/h3-9,15,21-22H,10-12H2,1-2H3. The van der Waals surface area contributed by atoms with Crippen molar-refractivity contribution in [3.05, 3.63) is 59.2 Å². The summed E-state index contributed by atoms with van der Waals surface area (Å²) >= 11 is 5.64. The Labute approximate surface area is 152 Å². The first kappa shape index (κ1) is 19.1. The highest BCUT2D eigenvalue weighted by atomic mass is 35.5. The van der Waals surface area contributed by atoms with E-state index in [0.717, 1.165) is 11.1 Å². The predicted molar refractivity (Wildman–Crippen MR) is 98.5 cm³/mol. The molecule has 0 aliphatic rings. The number of alkyl halides is 1. The van der Waals surface area contributed by atoms with Crippen LogP contribution in [0.4, 0.5) is 5.69 Å². The van der Waals surface area contributed by atoms with Crippen LogP contribution in [0.15, 0.2) is 42.5 Å². The van der Waals surface area contributed by atoms with E-state index in [2.05, 4.69) is 5.32 Å². The van der Waals surface area contributed by atoms with Crippen molar-refractivity contribution in [1.29, 1.82) is 0 Å². The fourth-order valence-corrected chi connectivity index (χ4v) is 2.44. The Morgan fingerprint density at radius 3 is 2.64 bits per heavy atom. The van der Waals surface area contributed by atoms with Gasteiger partial charge in [0.15, 0.2) is 5.75 Å². The molecule has 0 fully saturated rings. The molecule has 0 saturated carbocycles. The van der Waals surface area contributed by atoms with Crippen LogP contribution in [0.1, 0.15) is 21.5 Å². The molecule has 1 atom stereocenters. The van der Waals surface area contributed by atoms with E-state index in [1.165, 1.54) is 7.11 Å². The molecular formula is C19H22ClNO4. The van der Waals surface area contributed by atoms with Gasteiger partial charge in [0.1, 0.15) is 12.2 Å². The molecule has 0 amide bonds. The number of rotatable bonds is 8. The quantitative estimate of drug-likeness (QED) is 0.556. The Bertz CT molecular complexity index is 706. The molecule has 0 aliphatic carbocycles. The zero-order chi connectivity index (χ0) is 18.2. The Kier molecular flexibility index (Phi) is 7.10. The van der Waals surface area contributed by atoms with E-state index >= 15 is 0 Å². The van der Waals surface area contributed by atoms with Gasteiger partial charge >= 0.3 is 5.97 Å². The number of anilines is 1. The number of hydrogen-bond donors (Lipinski definition) is 2. The molecule has 0 saturated heterocycles. The first-order valence-electron chi connectivity index (χ1n) is 7.92. The van der Waals surface area contributed by atoms with E-state index in [0.29, 0.717) is 23.6 Å². The topological polar surface area (TPSA) is 67.8 Å². The van der Waals surface area contributed by atoms with Gasteiger partial charge in [-0.1, -0.05) is 30.3 Å². The van der Waals surface area contributed by atoms with Gasteiger partial charge in [0.05, 0.1) is 24.8 Å². The van der Waals surface area contributed by atoms with Gasteiger partial charge in [0.25, 0.3) is 0 Å². The lowest BCUT2D eigenvalue weighted by Crippen LogP contribution is -2.21. The van der Waals surface area contributed by atoms with Crippen molar-refractivity contribution in [1.82, 2.24) is 0 Å². The van der Waals surface area contributed by atoms with Crippen LogP contribution in [-0.2, 0) is 11.3 Å². The van der Waals surface area contributed by atoms with Gasteiger partial charge in [-0.25, -0.2) is 4.79 Å². The van der Waals surface area contributed by atoms with Crippen molar-refractivity contribution in [2.45, 2.75) is 19.6 Å². The van der Waals surface area contributed by atoms with Gasteiger partial charge in [0, 0.05) is 6.54 Å². The van der Waals surface area contributed by atoms with Crippen molar-refractivity contribution in [2.75, 3.05) is 24.9 Å². The second-order valence-corrected chi connectivity index (χ2v) is 5.95. The van der Waals surface area contributed by atoms with Crippen LogP contribution in [0.2, 0.25) is 0 Å². The van der Waals surface area contributed by atoms with Crippen LogP contribution in [0.3, 0.4) is 0 Å². The zero-order valence-electron chi connectivity index (χ0n) is 14.3. The Hall–Kier alpha value is -2.24. The summed E-state index contributed by atoms with van der Waals surface area (Å²) in [5.74, 6) is 0.0267. The number of carbonyl (C=O) groups is 1. The molecule has 0 aliphatic heterocycles. The number of esters is 1. The Morgan fingerprint density at radius 2 is 2.00 bits per heavy atom. The molecule has 25 heavy (non-hydrogen) atoms. The van der Waals surface area contributed by atoms with Gasteiger partial charge in [-0.05, 0) is 30.2 Å². The van der Waals surface area contributed by atoms with Crippen LogP contribution in [0.25, 0.3) is 0 Å². The molecule has 2 aromatic carbocycles. The van der Waals surface area contributed by atoms with E-state index < -0.39 is 12.1 Å². The van der Waals surface area contributed by atoms with Crippen LogP contribution < -0.4 is 10.1 Å². The number of nitrogens with one attached hydrogen (secondary N) is 1. The summed E-state index contributed by atoms with van der Waals surface area (Å²) in [5.41, 5.74) is 2.79. The van der Waals surface area contributed by atoms with Gasteiger partial charge in [-0.2, -0.15) is 0 Å². The monoisotopic (exact) mass is 363 g/mol. The first-order chi connectivity index (χ1) is 12.0. The van der Waals surface area contributed by atoms with Gasteiger partial charge in [0.2, 0.25) is 0 Å². The third-order valence-corrected chi connectivity index (χ3v) is 3.93. The van der Waals surface area contributed by atoms with Crippen molar-refractivity contribution >= 4 is 23.3 Å². The maximum atomic E-state index is 12.1. The molecule has 0 heterocycles. The molecule has 134 valence electrons. The fourth-order valence-electron chi connectivity index (χ4n) is 2.33. The summed E-state index contributed by atoms with van der Waals surface area (Å²) in [6.45, 7) is 2.42. The molecule has 0 radical (unpaired) electrons. The van der Waals surface area contributed by atoms with E-state index in [4.69, 9.17) is 21.1 Å². The lowest BCUT2D eigenvalue weighted by atomic mass is 10.1. The van der Waals surface area contributed by atoms with E-state index in [-0.39, 0.29) is 12.4 Å². The van der Waals surface area contributed by atoms with E-state index in [9.17, 15) is 9.90 Å². The second kappa shape index (κ2) is 9.30. The summed E-state index contributed by atoms with van der Waals surface area (Å²) in [6, 6.07) is 13.2. The lowest BCUT2D eigenvalue weighted by molar-refractivity contribution is 0.0595. The highest BCUT2D eigenvalue weighted by Gasteiger charge is 2.19. The van der Waals surface area contributed by atoms with Gasteiger partial charge < -0.3 is 19.9 Å². The zero-order valence-corrected chi connectivity index (χ0v) is 15.0. The van der Waals surface area contributed by atoms with Crippen LogP contribution in [0.5, 0.6) is 5.75 Å². The molecule has 6 heteroatoms. The molecule has 0 spiro atoms. The van der Waals surface area contributed by atoms with Crippen molar-refractivity contribution in [2.24, 2.45) is 0 Å². The molecule has 0 bridgehead atoms. The number of hydrogen-bond acceptors (Lipinski definition) is 5. The average molecular weight is 364 g/mol. The molecule has 2 N–H and O–H groups in total. The van der Waals surface area contributed by atoms with Gasteiger partial charge in [-0.15, -0.1) is 11.6 Å². The molecule has 2 rings (SSSR count). The maximum Gasteiger partial charge on any atom is 0.341 e. The molecule has 5 nitrogen and oxygen atoms in total.